The SMILES string of the molecule is CC/C=C\[C@H]1O[C@@H]1C1=C(C)C(=O)[C@]2(O1)C(=O)N[C@@](O)(C(=O)c1ccccc1)[C@@H]2O. The van der Waals surface area contributed by atoms with Crippen LogP contribution in [0, 0.1) is 0 Å². The van der Waals surface area contributed by atoms with E-state index < -0.39 is 41.0 Å². The molecule has 8 heteroatoms. The standard InChI is InChI=1S/C21H21NO7/c1-3-4-10-13-15(28-13)14-11(2)16(23)20(29-14)18(25)21(27,22-19(20)26)17(24)12-8-6-5-7-9-12/h4-10,13,15,18,25,27H,3H2,1-2H3,(H,22,26)/b10-4-/t13-,15+,18-,20-,21-/m1/s1. The molecule has 0 unspecified atom stereocenters. The van der Waals surface area contributed by atoms with Gasteiger partial charge < -0.3 is 25.0 Å². The first kappa shape index (κ1) is 19.5. The Kier molecular flexibility index (Phi) is 4.45. The molecule has 5 atom stereocenters. The Morgan fingerprint density at radius 3 is 2.62 bits per heavy atom. The Balaban J connectivity index is 1.64. The van der Waals surface area contributed by atoms with Gasteiger partial charge >= 0.3 is 0 Å². The van der Waals surface area contributed by atoms with Crippen molar-refractivity contribution >= 4 is 17.5 Å². The van der Waals surface area contributed by atoms with Gasteiger partial charge in [-0.05, 0) is 13.3 Å². The number of carbonyl (C=O) groups excluding carboxylic acids is 3. The molecule has 0 bridgehead atoms. The Labute approximate surface area is 166 Å². The molecule has 1 amide bonds. The minimum atomic E-state index is -2.70. The van der Waals surface area contributed by atoms with Crippen LogP contribution in [0.1, 0.15) is 30.6 Å². The average Bonchev–Trinajstić information content (AvgIpc) is 3.40. The van der Waals surface area contributed by atoms with Crippen LogP contribution in [0.3, 0.4) is 0 Å². The van der Waals surface area contributed by atoms with Crippen molar-refractivity contribution in [1.82, 2.24) is 5.32 Å². The molecule has 1 spiro atoms. The number of Topliss-reactive ketones (excluding diaryl/α,β-unsaturated/α-hetero) is 2. The van der Waals surface area contributed by atoms with Gasteiger partial charge in [0.15, 0.2) is 6.10 Å². The maximum Gasteiger partial charge on any atom is 0.278 e. The van der Waals surface area contributed by atoms with Crippen molar-refractivity contribution in [3.8, 4) is 0 Å². The molecule has 2 fully saturated rings. The summed E-state index contributed by atoms with van der Waals surface area (Å²) in [6.45, 7) is 3.43. The Hall–Kier alpha value is -2.81. The number of hydrogen-bond acceptors (Lipinski definition) is 7. The van der Waals surface area contributed by atoms with Crippen LogP contribution >= 0.6 is 0 Å². The predicted octanol–water partition coefficient (Wildman–Crippen LogP) is 0.394. The monoisotopic (exact) mass is 399 g/mol. The summed E-state index contributed by atoms with van der Waals surface area (Å²) in [6, 6.07) is 7.68. The predicted molar refractivity (Wildman–Crippen MR) is 99.5 cm³/mol. The number of aliphatic hydroxyl groups is 2. The van der Waals surface area contributed by atoms with Crippen LogP contribution in [0.4, 0.5) is 0 Å². The molecule has 1 aromatic rings. The van der Waals surface area contributed by atoms with Gasteiger partial charge in [-0.15, -0.1) is 0 Å². The van der Waals surface area contributed by atoms with E-state index in [1.54, 1.807) is 18.2 Å². The maximum atomic E-state index is 13.0. The quantitative estimate of drug-likeness (QED) is 0.283. The second kappa shape index (κ2) is 6.62. The normalized spacial score (nSPS) is 36.1. The van der Waals surface area contributed by atoms with Crippen molar-refractivity contribution in [3.63, 3.8) is 0 Å². The highest BCUT2D eigenvalue weighted by Crippen LogP contribution is 2.46. The van der Waals surface area contributed by atoms with E-state index in [4.69, 9.17) is 9.47 Å². The van der Waals surface area contributed by atoms with Crippen molar-refractivity contribution in [2.45, 2.75) is 49.9 Å². The highest BCUT2D eigenvalue weighted by molar-refractivity contribution is 6.23. The highest BCUT2D eigenvalue weighted by atomic mass is 16.6. The Morgan fingerprint density at radius 1 is 1.28 bits per heavy atom. The number of benzene rings is 1. The largest absolute Gasteiger partial charge is 0.467 e. The van der Waals surface area contributed by atoms with Crippen molar-refractivity contribution < 1.29 is 34.1 Å². The van der Waals surface area contributed by atoms with Gasteiger partial charge in [0.05, 0.1) is 0 Å². The number of ketones is 2. The summed E-state index contributed by atoms with van der Waals surface area (Å²) in [4.78, 5) is 38.5. The van der Waals surface area contributed by atoms with E-state index in [0.29, 0.717) is 0 Å². The lowest BCUT2D eigenvalue weighted by molar-refractivity contribution is -0.158. The number of aliphatic hydroxyl groups excluding tert-OH is 1. The topological polar surface area (TPSA) is 125 Å². The van der Waals surface area contributed by atoms with Crippen LogP contribution in [0.15, 0.2) is 53.8 Å². The van der Waals surface area contributed by atoms with E-state index in [0.717, 1.165) is 6.42 Å². The number of allylic oxidation sites excluding steroid dienone is 1. The summed E-state index contributed by atoms with van der Waals surface area (Å²) in [6.07, 6.45) is 1.54. The number of epoxide rings is 1. The molecule has 0 saturated carbocycles. The molecule has 1 aromatic carbocycles. The van der Waals surface area contributed by atoms with Crippen molar-refractivity contribution in [1.29, 1.82) is 0 Å². The molecule has 8 nitrogen and oxygen atoms in total. The van der Waals surface area contributed by atoms with Gasteiger partial charge in [0.1, 0.15) is 18.0 Å². The fraction of sp³-hybridized carbons (Fsp3) is 0.381. The number of hydrogen-bond donors (Lipinski definition) is 3. The molecule has 0 aromatic heterocycles. The second-order valence-corrected chi connectivity index (χ2v) is 7.33. The third-order valence-electron chi connectivity index (χ3n) is 5.47. The summed E-state index contributed by atoms with van der Waals surface area (Å²) in [5.74, 6) is -2.68. The van der Waals surface area contributed by atoms with Gasteiger partial charge in [-0.3, -0.25) is 14.4 Å². The summed E-state index contributed by atoms with van der Waals surface area (Å²) < 4.78 is 11.2. The molecule has 3 aliphatic rings. The first-order valence-electron chi connectivity index (χ1n) is 9.37. The molecule has 2 saturated heterocycles. The van der Waals surface area contributed by atoms with Crippen molar-refractivity contribution in [3.05, 3.63) is 59.4 Å². The fourth-order valence-electron chi connectivity index (χ4n) is 3.78. The van der Waals surface area contributed by atoms with Crippen LogP contribution in [0.5, 0.6) is 0 Å². The molecule has 0 radical (unpaired) electrons. The number of nitrogens with one attached hydrogen (secondary N) is 1. The van der Waals surface area contributed by atoms with Gasteiger partial charge in [0.2, 0.25) is 17.3 Å². The molecule has 0 aliphatic carbocycles. The minimum Gasteiger partial charge on any atom is -0.467 e. The fourth-order valence-corrected chi connectivity index (χ4v) is 3.78. The molecule has 4 rings (SSSR count). The molecule has 29 heavy (non-hydrogen) atoms. The second-order valence-electron chi connectivity index (χ2n) is 7.33. The van der Waals surface area contributed by atoms with Gasteiger partial charge in [0, 0.05) is 11.1 Å². The summed E-state index contributed by atoms with van der Waals surface area (Å²) >= 11 is 0. The maximum absolute atomic E-state index is 13.0. The number of ether oxygens (including phenoxy) is 2. The first-order valence-corrected chi connectivity index (χ1v) is 9.37. The van der Waals surface area contributed by atoms with Crippen molar-refractivity contribution in [2.75, 3.05) is 0 Å². The Morgan fingerprint density at radius 2 is 1.97 bits per heavy atom. The molecular weight excluding hydrogens is 378 g/mol. The van der Waals surface area contributed by atoms with Gasteiger partial charge in [0.25, 0.3) is 11.5 Å². The van der Waals surface area contributed by atoms with Crippen LogP contribution < -0.4 is 5.32 Å². The zero-order valence-electron chi connectivity index (χ0n) is 15.9. The zero-order valence-corrected chi connectivity index (χ0v) is 15.9. The Bertz CT molecular complexity index is 953. The molecular formula is C21H21NO7. The average molecular weight is 399 g/mol. The van der Waals surface area contributed by atoms with E-state index in [-0.39, 0.29) is 23.0 Å². The minimum absolute atomic E-state index is 0.0667. The third-order valence-corrected chi connectivity index (χ3v) is 5.47. The van der Waals surface area contributed by atoms with E-state index in [9.17, 15) is 24.6 Å². The van der Waals surface area contributed by atoms with Gasteiger partial charge in [-0.2, -0.15) is 0 Å². The van der Waals surface area contributed by atoms with E-state index in [2.05, 4.69) is 5.32 Å². The molecule has 3 aliphatic heterocycles. The van der Waals surface area contributed by atoms with Crippen molar-refractivity contribution in [2.24, 2.45) is 0 Å². The number of rotatable bonds is 5. The number of amides is 1. The summed E-state index contributed by atoms with van der Waals surface area (Å²) in [5.41, 5.74) is -4.94. The summed E-state index contributed by atoms with van der Waals surface area (Å²) in [7, 11) is 0. The number of carbonyl (C=O) groups is 3. The van der Waals surface area contributed by atoms with E-state index in [1.165, 1.54) is 19.1 Å². The van der Waals surface area contributed by atoms with Crippen LogP contribution in [0.25, 0.3) is 0 Å². The highest BCUT2D eigenvalue weighted by Gasteiger charge is 2.74. The van der Waals surface area contributed by atoms with E-state index in [1.807, 2.05) is 19.1 Å². The zero-order chi connectivity index (χ0) is 21.0. The lowest BCUT2D eigenvalue weighted by Crippen LogP contribution is -2.59. The van der Waals surface area contributed by atoms with Crippen LogP contribution in [0.2, 0.25) is 0 Å². The lowest BCUT2D eigenvalue weighted by Gasteiger charge is -2.29. The molecule has 152 valence electrons. The summed E-state index contributed by atoms with van der Waals surface area (Å²) in [5, 5.41) is 23.8. The van der Waals surface area contributed by atoms with Crippen LogP contribution in [-0.2, 0) is 19.1 Å². The smallest absolute Gasteiger partial charge is 0.278 e. The first-order chi connectivity index (χ1) is 13.8. The van der Waals surface area contributed by atoms with E-state index >= 15 is 0 Å². The van der Waals surface area contributed by atoms with Gasteiger partial charge in [-0.1, -0.05) is 49.4 Å². The molecule has 3 N–H and O–H groups in total. The van der Waals surface area contributed by atoms with Crippen LogP contribution in [-0.4, -0.2) is 57.3 Å². The van der Waals surface area contributed by atoms with Gasteiger partial charge in [-0.25, -0.2) is 0 Å². The lowest BCUT2D eigenvalue weighted by atomic mass is 9.85. The third kappa shape index (κ3) is 2.67. The molecule has 3 heterocycles.